The van der Waals surface area contributed by atoms with Crippen molar-refractivity contribution >= 4 is 49.4 Å². The highest BCUT2D eigenvalue weighted by Gasteiger charge is 2.19. The fraction of sp³-hybridized carbons (Fsp3) is 0.300. The summed E-state index contributed by atoms with van der Waals surface area (Å²) < 4.78 is 27.7. The van der Waals surface area contributed by atoms with Gasteiger partial charge in [-0.15, -0.1) is 0 Å². The van der Waals surface area contributed by atoms with Gasteiger partial charge >= 0.3 is 16.2 Å². The molecule has 0 aliphatic heterocycles. The van der Waals surface area contributed by atoms with Gasteiger partial charge < -0.3 is 5.11 Å². The number of nitrogens with one attached hydrogen (secondary N) is 1. The van der Waals surface area contributed by atoms with E-state index in [1.54, 1.807) is 12.1 Å². The third-order valence-corrected chi connectivity index (χ3v) is 4.63. The van der Waals surface area contributed by atoms with Gasteiger partial charge in [0, 0.05) is 23.1 Å². The van der Waals surface area contributed by atoms with E-state index in [4.69, 9.17) is 16.7 Å². The molecule has 2 N–H and O–H groups in total. The van der Waals surface area contributed by atoms with Crippen LogP contribution in [-0.2, 0) is 15.0 Å². The van der Waals surface area contributed by atoms with Crippen LogP contribution in [0.5, 0.6) is 0 Å². The summed E-state index contributed by atoms with van der Waals surface area (Å²) in [6, 6.07) is 4.67. The lowest BCUT2D eigenvalue weighted by atomic mass is 10.3. The highest BCUT2D eigenvalue weighted by Crippen LogP contribution is 2.27. The van der Waals surface area contributed by atoms with Crippen molar-refractivity contribution in [1.82, 2.24) is 4.31 Å². The lowest BCUT2D eigenvalue weighted by Gasteiger charge is -2.18. The van der Waals surface area contributed by atoms with Crippen LogP contribution >= 0.6 is 27.5 Å². The van der Waals surface area contributed by atoms with E-state index < -0.39 is 16.2 Å². The van der Waals surface area contributed by atoms with Gasteiger partial charge in [-0.3, -0.25) is 9.52 Å². The average Bonchev–Trinajstić information content (AvgIpc) is 2.30. The van der Waals surface area contributed by atoms with Crippen molar-refractivity contribution in [2.24, 2.45) is 0 Å². The molecule has 0 fully saturated rings. The smallest absolute Gasteiger partial charge is 0.304 e. The zero-order valence-corrected chi connectivity index (χ0v) is 13.1. The number of nitrogens with zero attached hydrogens (tertiary/aromatic N) is 1. The Morgan fingerprint density at radius 1 is 1.53 bits per heavy atom. The Morgan fingerprint density at radius 2 is 2.16 bits per heavy atom. The molecule has 0 aliphatic rings. The summed E-state index contributed by atoms with van der Waals surface area (Å²) in [5.74, 6) is -1.06. The quantitative estimate of drug-likeness (QED) is 0.802. The summed E-state index contributed by atoms with van der Waals surface area (Å²) in [5.41, 5.74) is 0.287. The van der Waals surface area contributed by atoms with Crippen molar-refractivity contribution in [1.29, 1.82) is 0 Å². The van der Waals surface area contributed by atoms with Crippen molar-refractivity contribution in [2.75, 3.05) is 18.3 Å². The molecule has 0 aromatic heterocycles. The SMILES string of the molecule is CN(CCC(=O)O)S(=O)(=O)Nc1cc(Cl)ccc1Br. The molecule has 1 aromatic rings. The first-order valence-electron chi connectivity index (χ1n) is 5.13. The van der Waals surface area contributed by atoms with E-state index in [2.05, 4.69) is 20.7 Å². The molecule has 0 unspecified atom stereocenters. The van der Waals surface area contributed by atoms with Gasteiger partial charge in [-0.25, -0.2) is 0 Å². The van der Waals surface area contributed by atoms with E-state index in [0.717, 1.165) is 4.31 Å². The van der Waals surface area contributed by atoms with Gasteiger partial charge in [0.2, 0.25) is 0 Å². The Morgan fingerprint density at radius 3 is 2.74 bits per heavy atom. The maximum Gasteiger partial charge on any atom is 0.304 e. The van der Waals surface area contributed by atoms with E-state index in [-0.39, 0.29) is 18.7 Å². The number of carbonyl (C=O) groups is 1. The summed E-state index contributed by atoms with van der Waals surface area (Å²) in [7, 11) is -2.52. The number of benzene rings is 1. The molecule has 106 valence electrons. The minimum atomic E-state index is -3.82. The first kappa shape index (κ1) is 16.2. The van der Waals surface area contributed by atoms with Crippen molar-refractivity contribution in [3.63, 3.8) is 0 Å². The highest BCUT2D eigenvalue weighted by molar-refractivity contribution is 9.10. The molecular weight excluding hydrogens is 360 g/mol. The first-order valence-corrected chi connectivity index (χ1v) is 7.74. The third kappa shape index (κ3) is 4.98. The zero-order valence-electron chi connectivity index (χ0n) is 9.93. The van der Waals surface area contributed by atoms with Crippen LogP contribution in [0, 0.1) is 0 Å². The molecule has 0 bridgehead atoms. The van der Waals surface area contributed by atoms with E-state index in [0.29, 0.717) is 9.50 Å². The Balaban J connectivity index is 2.84. The minimum Gasteiger partial charge on any atom is -0.481 e. The maximum absolute atomic E-state index is 11.9. The second-order valence-corrected chi connectivity index (χ2v) is 6.76. The van der Waals surface area contributed by atoms with Gasteiger partial charge in [0.05, 0.1) is 12.1 Å². The Bertz CT molecular complexity index is 579. The standard InChI is InChI=1S/C10H12BrClN2O4S/c1-14(5-4-10(15)16)19(17,18)13-9-6-7(12)2-3-8(9)11/h2-3,6,13H,4-5H2,1H3,(H,15,16). The predicted molar refractivity (Wildman–Crippen MR) is 76.6 cm³/mol. The number of hydrogen-bond donors (Lipinski definition) is 2. The number of carboxylic acids is 1. The van der Waals surface area contributed by atoms with Crippen LogP contribution in [-0.4, -0.2) is 37.4 Å². The van der Waals surface area contributed by atoms with E-state index in [9.17, 15) is 13.2 Å². The van der Waals surface area contributed by atoms with Crippen molar-refractivity contribution in [3.05, 3.63) is 27.7 Å². The summed E-state index contributed by atoms with van der Waals surface area (Å²) >= 11 is 8.98. The Labute approximate surface area is 124 Å². The van der Waals surface area contributed by atoms with Crippen LogP contribution in [0.4, 0.5) is 5.69 Å². The summed E-state index contributed by atoms with van der Waals surface area (Å²) in [5, 5.41) is 8.91. The first-order chi connectivity index (χ1) is 8.72. The van der Waals surface area contributed by atoms with Gasteiger partial charge in [0.15, 0.2) is 0 Å². The van der Waals surface area contributed by atoms with Gasteiger partial charge in [-0.1, -0.05) is 11.6 Å². The molecule has 0 amide bonds. The molecule has 1 rings (SSSR count). The number of carboxylic acid groups (broad SMARTS) is 1. The molecule has 0 aliphatic carbocycles. The average molecular weight is 372 g/mol. The van der Waals surface area contributed by atoms with Crippen LogP contribution < -0.4 is 4.72 Å². The van der Waals surface area contributed by atoms with Gasteiger partial charge in [-0.05, 0) is 34.1 Å². The van der Waals surface area contributed by atoms with Crippen molar-refractivity contribution in [3.8, 4) is 0 Å². The lowest BCUT2D eigenvalue weighted by Crippen LogP contribution is -2.34. The van der Waals surface area contributed by atoms with Crippen molar-refractivity contribution in [2.45, 2.75) is 6.42 Å². The topological polar surface area (TPSA) is 86.7 Å². The second kappa shape index (κ2) is 6.56. The fourth-order valence-corrected chi connectivity index (χ4v) is 2.75. The monoisotopic (exact) mass is 370 g/mol. The number of anilines is 1. The highest BCUT2D eigenvalue weighted by atomic mass is 79.9. The van der Waals surface area contributed by atoms with Gasteiger partial charge in [0.1, 0.15) is 0 Å². The van der Waals surface area contributed by atoms with Gasteiger partial charge in [0.25, 0.3) is 0 Å². The molecular formula is C10H12BrClN2O4S. The molecule has 19 heavy (non-hydrogen) atoms. The normalized spacial score (nSPS) is 11.6. The van der Waals surface area contributed by atoms with E-state index in [1.807, 2.05) is 0 Å². The van der Waals surface area contributed by atoms with Crippen LogP contribution in [0.3, 0.4) is 0 Å². The van der Waals surface area contributed by atoms with Crippen LogP contribution in [0.2, 0.25) is 5.02 Å². The number of halogens is 2. The molecule has 9 heteroatoms. The molecule has 0 radical (unpaired) electrons. The molecule has 0 atom stereocenters. The minimum absolute atomic E-state index is 0.122. The van der Waals surface area contributed by atoms with Crippen molar-refractivity contribution < 1.29 is 18.3 Å². The zero-order chi connectivity index (χ0) is 14.6. The predicted octanol–water partition coefficient (Wildman–Crippen LogP) is 2.17. The Kier molecular flexibility index (Phi) is 5.60. The van der Waals surface area contributed by atoms with Crippen LogP contribution in [0.15, 0.2) is 22.7 Å². The fourth-order valence-electron chi connectivity index (χ4n) is 1.17. The second-order valence-electron chi connectivity index (χ2n) is 3.70. The molecule has 0 spiro atoms. The molecule has 6 nitrogen and oxygen atoms in total. The number of rotatable bonds is 6. The number of aliphatic carboxylic acids is 1. The van der Waals surface area contributed by atoms with Crippen LogP contribution in [0.1, 0.15) is 6.42 Å². The summed E-state index contributed by atoms with van der Waals surface area (Å²) in [4.78, 5) is 10.4. The van der Waals surface area contributed by atoms with E-state index in [1.165, 1.54) is 13.1 Å². The largest absolute Gasteiger partial charge is 0.481 e. The molecule has 0 saturated heterocycles. The maximum atomic E-state index is 11.9. The third-order valence-electron chi connectivity index (χ3n) is 2.22. The molecule has 0 saturated carbocycles. The summed E-state index contributed by atoms with van der Waals surface area (Å²) in [6.45, 7) is -0.122. The van der Waals surface area contributed by atoms with Crippen LogP contribution in [0.25, 0.3) is 0 Å². The molecule has 0 heterocycles. The molecule has 1 aromatic carbocycles. The number of hydrogen-bond acceptors (Lipinski definition) is 3. The van der Waals surface area contributed by atoms with E-state index >= 15 is 0 Å². The Hall–Kier alpha value is -0.830. The summed E-state index contributed by atoms with van der Waals surface area (Å²) in [6.07, 6.45) is -0.270. The lowest BCUT2D eigenvalue weighted by molar-refractivity contribution is -0.137. The van der Waals surface area contributed by atoms with Gasteiger partial charge in [-0.2, -0.15) is 12.7 Å².